The van der Waals surface area contributed by atoms with E-state index in [2.05, 4.69) is 21.0 Å². The van der Waals surface area contributed by atoms with Crippen LogP contribution in [0.15, 0.2) is 36.5 Å². The molecule has 0 fully saturated rings. The first-order chi connectivity index (χ1) is 9.29. The normalized spacial score (nSPS) is 10.5. The lowest BCUT2D eigenvalue weighted by atomic mass is 10.2. The van der Waals surface area contributed by atoms with Gasteiger partial charge in [-0.1, -0.05) is 36.3 Å². The Hall–Kier alpha value is -2.87. The van der Waals surface area contributed by atoms with Crippen molar-refractivity contribution in [3.05, 3.63) is 36.5 Å². The fourth-order valence-corrected chi connectivity index (χ4v) is 1.90. The molecule has 0 unspecified atom stereocenters. The van der Waals surface area contributed by atoms with Crippen molar-refractivity contribution >= 4 is 16.9 Å². The number of nitrogen functional groups attached to an aromatic ring is 1. The average Bonchev–Trinajstić information content (AvgIpc) is 2.84. The quantitative estimate of drug-likeness (QED) is 0.702. The first kappa shape index (κ1) is 11.2. The smallest absolute Gasteiger partial charge is 0.164 e. The van der Waals surface area contributed by atoms with Crippen molar-refractivity contribution in [2.24, 2.45) is 0 Å². The number of anilines is 1. The Morgan fingerprint density at radius 1 is 1.21 bits per heavy atom. The summed E-state index contributed by atoms with van der Waals surface area (Å²) in [4.78, 5) is 8.81. The van der Waals surface area contributed by atoms with Crippen molar-refractivity contribution in [3.63, 3.8) is 0 Å². The van der Waals surface area contributed by atoms with Gasteiger partial charge in [-0.15, -0.1) is 6.42 Å². The highest BCUT2D eigenvalue weighted by Crippen LogP contribution is 2.22. The van der Waals surface area contributed by atoms with Gasteiger partial charge in [-0.05, 0) is 0 Å². The van der Waals surface area contributed by atoms with Crippen LogP contribution in [0.25, 0.3) is 22.4 Å². The molecule has 0 aliphatic carbocycles. The molecule has 0 amide bonds. The lowest BCUT2D eigenvalue weighted by Crippen LogP contribution is -2.02. The van der Waals surface area contributed by atoms with Gasteiger partial charge >= 0.3 is 0 Å². The predicted octanol–water partition coefficient (Wildman–Crippen LogP) is 1.71. The minimum absolute atomic E-state index is 0.355. The third-order valence-electron chi connectivity index (χ3n) is 2.80. The maximum atomic E-state index is 5.95. The van der Waals surface area contributed by atoms with Crippen LogP contribution in [-0.2, 0) is 6.54 Å². The second-order valence-corrected chi connectivity index (χ2v) is 4.04. The number of aromatic nitrogens is 4. The zero-order valence-electron chi connectivity index (χ0n) is 10.1. The van der Waals surface area contributed by atoms with Gasteiger partial charge in [0.25, 0.3) is 0 Å². The summed E-state index contributed by atoms with van der Waals surface area (Å²) in [7, 11) is 0. The second kappa shape index (κ2) is 4.42. The van der Waals surface area contributed by atoms with Crippen LogP contribution in [0.1, 0.15) is 0 Å². The molecule has 5 nitrogen and oxygen atoms in total. The van der Waals surface area contributed by atoms with Gasteiger partial charge in [0.2, 0.25) is 0 Å². The monoisotopic (exact) mass is 249 g/mol. The van der Waals surface area contributed by atoms with E-state index in [4.69, 9.17) is 12.2 Å². The van der Waals surface area contributed by atoms with Crippen LogP contribution < -0.4 is 5.73 Å². The Morgan fingerprint density at radius 3 is 2.74 bits per heavy atom. The van der Waals surface area contributed by atoms with Crippen molar-refractivity contribution in [1.29, 1.82) is 0 Å². The molecule has 0 saturated carbocycles. The minimum atomic E-state index is 0.355. The summed E-state index contributed by atoms with van der Waals surface area (Å²) in [5, 5.41) is 4.89. The molecule has 0 atom stereocenters. The van der Waals surface area contributed by atoms with E-state index < -0.39 is 0 Å². The molecule has 2 N–H and O–H groups in total. The Balaban J connectivity index is 2.23. The van der Waals surface area contributed by atoms with Crippen molar-refractivity contribution in [3.8, 4) is 23.7 Å². The number of hydrogen-bond acceptors (Lipinski definition) is 4. The number of terminal acetylenes is 1. The molecule has 0 spiro atoms. The van der Waals surface area contributed by atoms with E-state index in [1.807, 2.05) is 30.3 Å². The van der Waals surface area contributed by atoms with Crippen LogP contribution in [0.4, 0.5) is 5.82 Å². The van der Waals surface area contributed by atoms with E-state index >= 15 is 0 Å². The van der Waals surface area contributed by atoms with E-state index in [1.54, 1.807) is 10.9 Å². The van der Waals surface area contributed by atoms with Crippen LogP contribution in [0, 0.1) is 12.3 Å². The average molecular weight is 249 g/mol. The molecule has 0 saturated heterocycles. The largest absolute Gasteiger partial charge is 0.383 e. The van der Waals surface area contributed by atoms with Gasteiger partial charge in [-0.2, -0.15) is 5.10 Å². The molecule has 0 aliphatic heterocycles. The zero-order chi connectivity index (χ0) is 13.2. The van der Waals surface area contributed by atoms with Gasteiger partial charge < -0.3 is 5.73 Å². The third-order valence-corrected chi connectivity index (χ3v) is 2.80. The zero-order valence-corrected chi connectivity index (χ0v) is 10.1. The van der Waals surface area contributed by atoms with Crippen LogP contribution >= 0.6 is 0 Å². The van der Waals surface area contributed by atoms with E-state index in [1.165, 1.54) is 0 Å². The van der Waals surface area contributed by atoms with Crippen molar-refractivity contribution in [2.75, 3.05) is 5.73 Å². The summed E-state index contributed by atoms with van der Waals surface area (Å²) >= 11 is 0. The molecule has 0 radical (unpaired) electrons. The molecule has 3 aromatic rings. The van der Waals surface area contributed by atoms with Crippen molar-refractivity contribution in [2.45, 2.75) is 6.54 Å². The van der Waals surface area contributed by atoms with E-state index in [0.29, 0.717) is 23.8 Å². The number of fused-ring (bicyclic) bond motifs is 1. The van der Waals surface area contributed by atoms with Gasteiger partial charge in [0, 0.05) is 5.56 Å². The SMILES string of the molecule is C#CCn1ncc2c(N)nc(-c3ccccc3)nc21. The Morgan fingerprint density at radius 2 is 2.00 bits per heavy atom. The molecule has 2 aromatic heterocycles. The molecule has 3 rings (SSSR count). The number of nitrogens with zero attached hydrogens (tertiary/aromatic N) is 4. The second-order valence-electron chi connectivity index (χ2n) is 4.04. The fraction of sp³-hybridized carbons (Fsp3) is 0.0714. The lowest BCUT2D eigenvalue weighted by molar-refractivity contribution is 0.733. The number of nitrogens with two attached hydrogens (primary N) is 1. The van der Waals surface area contributed by atoms with Crippen molar-refractivity contribution < 1.29 is 0 Å². The van der Waals surface area contributed by atoms with Crippen molar-refractivity contribution in [1.82, 2.24) is 19.7 Å². The number of hydrogen-bond donors (Lipinski definition) is 1. The lowest BCUT2D eigenvalue weighted by Gasteiger charge is -2.03. The summed E-state index contributed by atoms with van der Waals surface area (Å²) in [6.45, 7) is 0.355. The molecule has 2 heterocycles. The highest BCUT2D eigenvalue weighted by Gasteiger charge is 2.11. The van der Waals surface area contributed by atoms with Crippen LogP contribution in [0.3, 0.4) is 0 Å². The summed E-state index contributed by atoms with van der Waals surface area (Å²) in [5.74, 6) is 3.52. The molecule has 5 heteroatoms. The van der Waals surface area contributed by atoms with E-state index in [0.717, 1.165) is 10.9 Å². The van der Waals surface area contributed by atoms with Crippen LogP contribution in [-0.4, -0.2) is 19.7 Å². The van der Waals surface area contributed by atoms with Gasteiger partial charge in [0.1, 0.15) is 12.4 Å². The Bertz CT molecular complexity index is 768. The molecule has 0 aliphatic rings. The highest BCUT2D eigenvalue weighted by molar-refractivity contribution is 5.86. The first-order valence-electron chi connectivity index (χ1n) is 5.77. The Kier molecular flexibility index (Phi) is 2.62. The molecule has 1 aromatic carbocycles. The Labute approximate surface area is 110 Å². The summed E-state index contributed by atoms with van der Waals surface area (Å²) in [6, 6.07) is 9.66. The van der Waals surface area contributed by atoms with Gasteiger partial charge in [0.15, 0.2) is 11.5 Å². The van der Waals surface area contributed by atoms with E-state index in [-0.39, 0.29) is 0 Å². The number of rotatable bonds is 2. The molecule has 0 bridgehead atoms. The molecule has 19 heavy (non-hydrogen) atoms. The summed E-state index contributed by atoms with van der Waals surface area (Å²) in [6.07, 6.45) is 6.95. The van der Waals surface area contributed by atoms with E-state index in [9.17, 15) is 0 Å². The predicted molar refractivity (Wildman–Crippen MR) is 74.0 cm³/mol. The highest BCUT2D eigenvalue weighted by atomic mass is 15.3. The maximum absolute atomic E-state index is 5.95. The molecular weight excluding hydrogens is 238 g/mol. The van der Waals surface area contributed by atoms with Crippen LogP contribution in [0.2, 0.25) is 0 Å². The summed E-state index contributed by atoms with van der Waals surface area (Å²) in [5.41, 5.74) is 7.51. The maximum Gasteiger partial charge on any atom is 0.164 e. The fourth-order valence-electron chi connectivity index (χ4n) is 1.90. The minimum Gasteiger partial charge on any atom is -0.383 e. The van der Waals surface area contributed by atoms with Gasteiger partial charge in [-0.3, -0.25) is 0 Å². The first-order valence-corrected chi connectivity index (χ1v) is 5.77. The van der Waals surface area contributed by atoms with Crippen LogP contribution in [0.5, 0.6) is 0 Å². The van der Waals surface area contributed by atoms with Gasteiger partial charge in [0.05, 0.1) is 11.6 Å². The third kappa shape index (κ3) is 1.89. The topological polar surface area (TPSA) is 69.6 Å². The number of benzene rings is 1. The molecular formula is C14H11N5. The molecule has 92 valence electrons. The standard InChI is InChI=1S/C14H11N5/c1-2-8-19-14-11(9-16-19)12(15)17-13(18-14)10-6-4-3-5-7-10/h1,3-7,9H,8H2,(H2,15,17,18). The summed E-state index contributed by atoms with van der Waals surface area (Å²) < 4.78 is 1.64. The van der Waals surface area contributed by atoms with Gasteiger partial charge in [-0.25, -0.2) is 14.6 Å².